The molecule has 4 heteroatoms. The van der Waals surface area contributed by atoms with Crippen molar-refractivity contribution in [3.8, 4) is 97.4 Å². The summed E-state index contributed by atoms with van der Waals surface area (Å²) in [7, 11) is 0. The van der Waals surface area contributed by atoms with E-state index in [4.69, 9.17) is 4.74 Å². The summed E-state index contributed by atoms with van der Waals surface area (Å²) in [6, 6.07) is 73.3. The van der Waals surface area contributed by atoms with E-state index >= 15 is 0 Å². The molecule has 0 unspecified atom stereocenters. The fraction of sp³-hybridized carbons (Fsp3) is 0.425. The lowest BCUT2D eigenvalue weighted by molar-refractivity contribution is -0.145. The maximum Gasteiger partial charge on any atom is 0.306 e. The Kier molecular flexibility index (Phi) is 29.0. The van der Waals surface area contributed by atoms with Crippen LogP contribution < -0.4 is 0 Å². The summed E-state index contributed by atoms with van der Waals surface area (Å²) in [5.41, 5.74) is 31.3. The zero-order valence-electron chi connectivity index (χ0n) is 68.7. The molecule has 2 heterocycles. The molecule has 0 spiro atoms. The number of esters is 1. The molecule has 0 atom stereocenters. The molecule has 0 N–H and O–H groups in total. The van der Waals surface area contributed by atoms with E-state index in [1.54, 1.807) is 34.4 Å². The third kappa shape index (κ3) is 18.1. The highest BCUT2D eigenvalue weighted by molar-refractivity contribution is 7.19. The summed E-state index contributed by atoms with van der Waals surface area (Å²) in [6.07, 6.45) is 41.9. The molecule has 3 aliphatic carbocycles. The first-order valence-corrected chi connectivity index (χ1v) is 45.1. The van der Waals surface area contributed by atoms with Crippen LogP contribution >= 0.6 is 22.7 Å². The van der Waals surface area contributed by atoms with Gasteiger partial charge in [0.1, 0.15) is 6.10 Å². The van der Waals surface area contributed by atoms with Crippen molar-refractivity contribution in [1.29, 1.82) is 0 Å². The number of carbonyl (C=O) groups excluding carboxylic acids is 1. The van der Waals surface area contributed by atoms with E-state index in [1.807, 2.05) is 22.7 Å². The molecule has 0 fully saturated rings. The van der Waals surface area contributed by atoms with Crippen LogP contribution in [0.4, 0.5) is 0 Å². The number of rotatable bonds is 41. The van der Waals surface area contributed by atoms with Gasteiger partial charge in [-0.3, -0.25) is 4.79 Å². The van der Waals surface area contributed by atoms with E-state index in [0.29, 0.717) is 6.42 Å². The van der Waals surface area contributed by atoms with Crippen molar-refractivity contribution in [2.75, 3.05) is 0 Å². The molecular formula is C106H128O2S2. The zero-order chi connectivity index (χ0) is 77.0. The van der Waals surface area contributed by atoms with Gasteiger partial charge in [-0.2, -0.15) is 0 Å². The summed E-state index contributed by atoms with van der Waals surface area (Å²) in [5.74, 6) is -0.146. The van der Waals surface area contributed by atoms with Crippen LogP contribution in [0.5, 0.6) is 0 Å². The van der Waals surface area contributed by atoms with Gasteiger partial charge < -0.3 is 4.74 Å². The van der Waals surface area contributed by atoms with Crippen LogP contribution in [0.3, 0.4) is 0 Å². The molecule has 3 aliphatic rings. The summed E-state index contributed by atoms with van der Waals surface area (Å²) >= 11 is 3.86. The average Bonchev–Trinajstić information content (AvgIpc) is 1.56. The van der Waals surface area contributed by atoms with Crippen LogP contribution in [0.15, 0.2) is 207 Å². The van der Waals surface area contributed by atoms with Gasteiger partial charge in [0.15, 0.2) is 0 Å². The number of ether oxygens (including phenoxy) is 1. The number of carbonyl (C=O) groups is 1. The van der Waals surface area contributed by atoms with Gasteiger partial charge in [-0.15, -0.1) is 22.7 Å². The first-order chi connectivity index (χ1) is 53.8. The Morgan fingerprint density at radius 1 is 0.300 bits per heavy atom. The normalized spacial score (nSPS) is 13.6. The third-order valence-electron chi connectivity index (χ3n) is 25.0. The fourth-order valence-electron chi connectivity index (χ4n) is 19.3. The predicted octanol–water partition coefficient (Wildman–Crippen LogP) is 33.1. The van der Waals surface area contributed by atoms with Gasteiger partial charge in [0, 0.05) is 42.2 Å². The second kappa shape index (κ2) is 39.0. The van der Waals surface area contributed by atoms with E-state index in [-0.39, 0.29) is 28.3 Å². The molecule has 0 radical (unpaired) electrons. The molecule has 2 aromatic heterocycles. The number of hydrogen-bond donors (Lipinski definition) is 0. The second-order valence-corrected chi connectivity index (χ2v) is 35.1. The molecular weight excluding hydrogens is 1370 g/mol. The van der Waals surface area contributed by atoms with Crippen LogP contribution in [-0.4, -0.2) is 12.1 Å². The van der Waals surface area contributed by atoms with Gasteiger partial charge in [-0.25, -0.2) is 0 Å². The van der Waals surface area contributed by atoms with Gasteiger partial charge in [0.25, 0.3) is 0 Å². The standard InChI is InChI=1S/C89H98S2.C17H30O2/c1-9-15-17-19-21-23-53-89(54-24-22-20-18-16-10-2)79-57-67(65-33-39-71-75-43-37-69(59-81(75)87(49-11-3,50-12-4)77(71)55-65)85-47-45-83(90-85)63-29-25-61(7)26-30-63)35-41-73(79)74-42-36-68(58-80(74)89)66-34-40-72-76-44-38-70(60-82(76)88(51-13-5,52-14-6)78(72)56-66)86-48-46-84(91-86)64-31-27-62(8)28-32-64;1-4-7-8-9-10-11-12-13-14-15-17(18)19-16(5-2)6-3/h25-48,55-60H,9-24,49-54H2,1-8H3;5-6,16H,2-4,7-15H2,1H3. The van der Waals surface area contributed by atoms with Crippen molar-refractivity contribution < 1.29 is 9.53 Å². The number of fused-ring (bicyclic) bond motifs is 9. The average molecular weight is 1500 g/mol. The van der Waals surface area contributed by atoms with Gasteiger partial charge in [-0.05, 0) is 243 Å². The van der Waals surface area contributed by atoms with E-state index in [1.165, 1.54) is 254 Å². The lowest BCUT2D eigenvalue weighted by atomic mass is 9.69. The Morgan fingerprint density at radius 2 is 0.545 bits per heavy atom. The third-order valence-corrected chi connectivity index (χ3v) is 27.4. The van der Waals surface area contributed by atoms with Crippen LogP contribution in [-0.2, 0) is 25.8 Å². The Labute approximate surface area is 672 Å². The van der Waals surface area contributed by atoms with Crippen molar-refractivity contribution in [2.45, 2.75) is 290 Å². The molecule has 110 heavy (non-hydrogen) atoms. The summed E-state index contributed by atoms with van der Waals surface area (Å²) in [4.78, 5) is 16.8. The molecule has 0 saturated carbocycles. The van der Waals surface area contributed by atoms with Crippen LogP contribution in [0.1, 0.15) is 298 Å². The van der Waals surface area contributed by atoms with Crippen molar-refractivity contribution in [2.24, 2.45) is 0 Å². The van der Waals surface area contributed by atoms with Crippen molar-refractivity contribution in [1.82, 2.24) is 0 Å². The number of benzene rings is 8. The molecule has 8 aromatic carbocycles. The minimum Gasteiger partial charge on any atom is -0.454 e. The second-order valence-electron chi connectivity index (χ2n) is 32.9. The molecule has 0 amide bonds. The molecule has 10 aromatic rings. The molecule has 0 bridgehead atoms. The molecule has 576 valence electrons. The Morgan fingerprint density at radius 3 is 0.836 bits per heavy atom. The maximum absolute atomic E-state index is 11.5. The van der Waals surface area contributed by atoms with E-state index in [9.17, 15) is 4.79 Å². The highest BCUT2D eigenvalue weighted by atomic mass is 32.1. The Balaban J connectivity index is 0.000000523. The van der Waals surface area contributed by atoms with Crippen molar-refractivity contribution >= 4 is 28.6 Å². The lowest BCUT2D eigenvalue weighted by Gasteiger charge is -2.34. The van der Waals surface area contributed by atoms with Crippen LogP contribution in [0.25, 0.3) is 97.4 Å². The highest BCUT2D eigenvalue weighted by Gasteiger charge is 2.46. The quantitative estimate of drug-likeness (QED) is 0.0217. The van der Waals surface area contributed by atoms with Gasteiger partial charge in [0.2, 0.25) is 0 Å². The monoisotopic (exact) mass is 1500 g/mol. The Hall–Kier alpha value is -7.89. The van der Waals surface area contributed by atoms with Gasteiger partial charge in [0.05, 0.1) is 0 Å². The molecule has 2 nitrogen and oxygen atoms in total. The van der Waals surface area contributed by atoms with E-state index in [0.717, 1.165) is 64.2 Å². The van der Waals surface area contributed by atoms with Gasteiger partial charge in [-0.1, -0.05) is 348 Å². The number of thiophene rings is 2. The number of unbranched alkanes of at least 4 members (excludes halogenated alkanes) is 18. The molecule has 0 saturated heterocycles. The smallest absolute Gasteiger partial charge is 0.306 e. The highest BCUT2D eigenvalue weighted by Crippen LogP contribution is 2.60. The summed E-state index contributed by atoms with van der Waals surface area (Å²) in [5, 5.41) is 0. The SMILES string of the molecule is C=CC(C=C)OC(=O)CCCCCCCCCCC.CCCCCCCCC1(CCCCCCCC)c2cc(-c3ccc4c(c3)C(CCC)(CCC)c3cc(-c5ccc(-c6ccc(C)cc6)s5)ccc3-4)ccc2-c2ccc(-c3ccc4c(c3)C(CCC)(CCC)c3cc(-c5ccc(-c6ccc(C)cc6)s5)ccc3-4)cc21. The maximum atomic E-state index is 11.5. The lowest BCUT2D eigenvalue weighted by Crippen LogP contribution is -2.26. The topological polar surface area (TPSA) is 26.3 Å². The number of aryl methyl sites for hydroxylation is 2. The molecule has 0 aliphatic heterocycles. The fourth-order valence-corrected chi connectivity index (χ4v) is 21.4. The van der Waals surface area contributed by atoms with Crippen molar-refractivity contribution in [3.05, 3.63) is 252 Å². The first-order valence-electron chi connectivity index (χ1n) is 43.5. The van der Waals surface area contributed by atoms with E-state index < -0.39 is 0 Å². The first kappa shape index (κ1) is 81.6. The van der Waals surface area contributed by atoms with Crippen LogP contribution in [0.2, 0.25) is 0 Å². The summed E-state index contributed by atoms with van der Waals surface area (Å²) in [6.45, 7) is 28.1. The summed E-state index contributed by atoms with van der Waals surface area (Å²) < 4.78 is 5.15. The zero-order valence-corrected chi connectivity index (χ0v) is 70.4. The van der Waals surface area contributed by atoms with Crippen LogP contribution in [0, 0.1) is 13.8 Å². The minimum absolute atomic E-state index is 0.0350. The largest absolute Gasteiger partial charge is 0.454 e. The minimum atomic E-state index is -0.342. The van der Waals surface area contributed by atoms with Gasteiger partial charge >= 0.3 is 5.97 Å². The van der Waals surface area contributed by atoms with E-state index in [2.05, 4.69) is 257 Å². The molecule has 13 rings (SSSR count). The Bertz CT molecular complexity index is 4390. The van der Waals surface area contributed by atoms with Crippen molar-refractivity contribution in [3.63, 3.8) is 0 Å². The predicted molar refractivity (Wildman–Crippen MR) is 481 cm³/mol. The number of hydrogen-bond acceptors (Lipinski definition) is 4.